The molecule has 0 aromatic rings. The summed E-state index contributed by atoms with van der Waals surface area (Å²) in [6.07, 6.45) is 7.49. The average molecular weight is 296 g/mol. The summed E-state index contributed by atoms with van der Waals surface area (Å²) in [5, 5.41) is 13.8. The summed E-state index contributed by atoms with van der Waals surface area (Å²) in [5.41, 5.74) is -0.770. The molecule has 2 N–H and O–H groups in total. The number of nitrogens with one attached hydrogen (secondary N) is 1. The molecule has 1 amide bonds. The van der Waals surface area contributed by atoms with Gasteiger partial charge in [0.15, 0.2) is 0 Å². The fraction of sp³-hybridized carbons (Fsp3) is 0.941. The van der Waals surface area contributed by atoms with Crippen molar-refractivity contribution in [1.82, 2.24) is 10.2 Å². The van der Waals surface area contributed by atoms with Gasteiger partial charge >= 0.3 is 0 Å². The number of β-amino-alcohol motifs (C(OH)–C–C–N with tert-alkyl or cyclic N) is 1. The van der Waals surface area contributed by atoms with Crippen molar-refractivity contribution in [2.45, 2.75) is 77.4 Å². The van der Waals surface area contributed by atoms with E-state index in [4.69, 9.17) is 0 Å². The van der Waals surface area contributed by atoms with Crippen molar-refractivity contribution in [3.63, 3.8) is 0 Å². The van der Waals surface area contributed by atoms with Gasteiger partial charge in [-0.15, -0.1) is 0 Å². The number of carbonyl (C=O) groups is 1. The van der Waals surface area contributed by atoms with Gasteiger partial charge in [0.25, 0.3) is 0 Å². The molecule has 1 heterocycles. The van der Waals surface area contributed by atoms with Gasteiger partial charge in [-0.3, -0.25) is 4.79 Å². The topological polar surface area (TPSA) is 52.6 Å². The molecule has 0 atom stereocenters. The van der Waals surface area contributed by atoms with E-state index in [1.165, 1.54) is 6.42 Å². The molecule has 2 aliphatic rings. The molecular weight excluding hydrogens is 264 g/mol. The van der Waals surface area contributed by atoms with Gasteiger partial charge in [-0.05, 0) is 25.7 Å². The first-order chi connectivity index (χ1) is 9.78. The van der Waals surface area contributed by atoms with Crippen LogP contribution in [0.15, 0.2) is 0 Å². The van der Waals surface area contributed by atoms with Gasteiger partial charge in [-0.2, -0.15) is 0 Å². The van der Waals surface area contributed by atoms with Gasteiger partial charge < -0.3 is 15.3 Å². The molecule has 1 saturated heterocycles. The number of hydrogen-bond acceptors (Lipinski definition) is 3. The van der Waals surface area contributed by atoms with Gasteiger partial charge in [0.1, 0.15) is 0 Å². The Balaban J connectivity index is 1.74. The molecule has 4 heteroatoms. The van der Waals surface area contributed by atoms with Crippen LogP contribution in [0.4, 0.5) is 0 Å². The fourth-order valence-corrected chi connectivity index (χ4v) is 3.42. The van der Waals surface area contributed by atoms with E-state index in [-0.39, 0.29) is 11.3 Å². The van der Waals surface area contributed by atoms with E-state index >= 15 is 0 Å². The number of carbonyl (C=O) groups excluding carboxylic acids is 1. The number of rotatable bonds is 3. The highest BCUT2D eigenvalue weighted by Crippen LogP contribution is 2.29. The zero-order valence-electron chi connectivity index (χ0n) is 14.0. The zero-order valence-corrected chi connectivity index (χ0v) is 14.0. The lowest BCUT2D eigenvalue weighted by Gasteiger charge is -2.40. The zero-order chi connectivity index (χ0) is 15.5. The normalized spacial score (nSPS) is 24.8. The molecule has 0 aromatic heterocycles. The Kier molecular flexibility index (Phi) is 5.31. The van der Waals surface area contributed by atoms with Gasteiger partial charge in [-0.25, -0.2) is 0 Å². The second kappa shape index (κ2) is 6.66. The summed E-state index contributed by atoms with van der Waals surface area (Å²) in [6, 6.07) is 0.300. The highest BCUT2D eigenvalue weighted by molar-refractivity contribution is 5.81. The molecule has 1 aliphatic heterocycles. The molecule has 0 unspecified atom stereocenters. The Labute approximate surface area is 129 Å². The molecule has 1 saturated carbocycles. The SMILES string of the molecule is CC(C)(C)C(=O)NC1CCN(CC2(O)CCCCC2)CC1. The molecule has 4 nitrogen and oxygen atoms in total. The van der Waals surface area contributed by atoms with Gasteiger partial charge in [0.05, 0.1) is 5.60 Å². The number of aliphatic hydroxyl groups is 1. The quantitative estimate of drug-likeness (QED) is 0.840. The summed E-state index contributed by atoms with van der Waals surface area (Å²) in [5.74, 6) is 0.145. The van der Waals surface area contributed by atoms with Crippen LogP contribution in [-0.2, 0) is 4.79 Å². The van der Waals surface area contributed by atoms with Crippen LogP contribution >= 0.6 is 0 Å². The molecule has 0 radical (unpaired) electrons. The number of hydrogen-bond donors (Lipinski definition) is 2. The van der Waals surface area contributed by atoms with Gasteiger partial charge in [-0.1, -0.05) is 40.0 Å². The van der Waals surface area contributed by atoms with Crippen molar-refractivity contribution in [3.8, 4) is 0 Å². The molecule has 0 bridgehead atoms. The molecule has 122 valence electrons. The molecule has 2 rings (SSSR count). The lowest BCUT2D eigenvalue weighted by atomic mass is 9.84. The Morgan fingerprint density at radius 1 is 1.19 bits per heavy atom. The van der Waals surface area contributed by atoms with E-state index in [1.54, 1.807) is 0 Å². The number of nitrogens with zero attached hydrogens (tertiary/aromatic N) is 1. The summed E-state index contributed by atoms with van der Waals surface area (Å²) in [7, 11) is 0. The van der Waals surface area contributed by atoms with Gasteiger partial charge in [0, 0.05) is 31.1 Å². The lowest BCUT2D eigenvalue weighted by Crippen LogP contribution is -2.51. The van der Waals surface area contributed by atoms with Crippen molar-refractivity contribution in [3.05, 3.63) is 0 Å². The van der Waals surface area contributed by atoms with E-state index in [9.17, 15) is 9.90 Å². The minimum absolute atomic E-state index is 0.145. The summed E-state index contributed by atoms with van der Waals surface area (Å²) < 4.78 is 0. The summed E-state index contributed by atoms with van der Waals surface area (Å²) >= 11 is 0. The predicted octanol–water partition coefficient (Wildman–Crippen LogP) is 2.31. The minimum atomic E-state index is -0.459. The molecular formula is C17H32N2O2. The lowest BCUT2D eigenvalue weighted by molar-refractivity contribution is -0.129. The maximum atomic E-state index is 12.0. The smallest absolute Gasteiger partial charge is 0.225 e. The first-order valence-corrected chi connectivity index (χ1v) is 8.54. The monoisotopic (exact) mass is 296 g/mol. The van der Waals surface area contributed by atoms with E-state index in [0.717, 1.165) is 58.2 Å². The van der Waals surface area contributed by atoms with Crippen LogP contribution < -0.4 is 5.32 Å². The van der Waals surface area contributed by atoms with E-state index < -0.39 is 5.60 Å². The van der Waals surface area contributed by atoms with Crippen LogP contribution in [0.3, 0.4) is 0 Å². The van der Waals surface area contributed by atoms with Crippen LogP contribution in [0.5, 0.6) is 0 Å². The second-order valence-electron chi connectivity index (χ2n) is 8.06. The Morgan fingerprint density at radius 2 is 1.76 bits per heavy atom. The highest BCUT2D eigenvalue weighted by Gasteiger charge is 2.33. The van der Waals surface area contributed by atoms with Crippen LogP contribution in [-0.4, -0.2) is 47.2 Å². The third-order valence-corrected chi connectivity index (χ3v) is 4.91. The third-order valence-electron chi connectivity index (χ3n) is 4.91. The highest BCUT2D eigenvalue weighted by atomic mass is 16.3. The standard InChI is InChI=1S/C17H32N2O2/c1-16(2,3)15(20)18-14-7-11-19(12-8-14)13-17(21)9-5-4-6-10-17/h14,21H,4-13H2,1-3H3,(H,18,20). The third kappa shape index (κ3) is 4.96. The van der Waals surface area contributed by atoms with Crippen LogP contribution in [0.2, 0.25) is 0 Å². The second-order valence-corrected chi connectivity index (χ2v) is 8.06. The first kappa shape index (κ1) is 16.8. The molecule has 1 aliphatic carbocycles. The maximum absolute atomic E-state index is 12.0. The van der Waals surface area contributed by atoms with E-state index in [0.29, 0.717) is 6.04 Å². The molecule has 21 heavy (non-hydrogen) atoms. The summed E-state index contributed by atoms with van der Waals surface area (Å²) in [4.78, 5) is 14.4. The Bertz CT molecular complexity index is 348. The average Bonchev–Trinajstić information content (AvgIpc) is 2.40. The van der Waals surface area contributed by atoms with Gasteiger partial charge in [0.2, 0.25) is 5.91 Å². The Morgan fingerprint density at radius 3 is 2.29 bits per heavy atom. The number of piperidine rings is 1. The van der Waals surface area contributed by atoms with Crippen molar-refractivity contribution in [2.24, 2.45) is 5.41 Å². The maximum Gasteiger partial charge on any atom is 0.225 e. The van der Waals surface area contributed by atoms with Crippen molar-refractivity contribution in [1.29, 1.82) is 0 Å². The van der Waals surface area contributed by atoms with Crippen LogP contribution in [0, 0.1) is 5.41 Å². The fourth-order valence-electron chi connectivity index (χ4n) is 3.42. The Hall–Kier alpha value is -0.610. The van der Waals surface area contributed by atoms with Crippen molar-refractivity contribution in [2.75, 3.05) is 19.6 Å². The molecule has 0 aromatic carbocycles. The minimum Gasteiger partial charge on any atom is -0.389 e. The summed E-state index contributed by atoms with van der Waals surface area (Å²) in [6.45, 7) is 8.64. The van der Waals surface area contributed by atoms with E-state index in [2.05, 4.69) is 10.2 Å². The molecule has 2 fully saturated rings. The van der Waals surface area contributed by atoms with Crippen LogP contribution in [0.25, 0.3) is 0 Å². The van der Waals surface area contributed by atoms with E-state index in [1.807, 2.05) is 20.8 Å². The number of likely N-dealkylation sites (tertiary alicyclic amines) is 1. The first-order valence-electron chi connectivity index (χ1n) is 8.54. The van der Waals surface area contributed by atoms with Crippen LogP contribution in [0.1, 0.15) is 65.7 Å². The largest absolute Gasteiger partial charge is 0.389 e. The predicted molar refractivity (Wildman–Crippen MR) is 85.1 cm³/mol. The number of amides is 1. The molecule has 0 spiro atoms. The van der Waals surface area contributed by atoms with Crippen molar-refractivity contribution < 1.29 is 9.90 Å². The van der Waals surface area contributed by atoms with Crippen molar-refractivity contribution >= 4 is 5.91 Å².